The number of amides is 1. The summed E-state index contributed by atoms with van der Waals surface area (Å²) >= 11 is 5.94. The first kappa shape index (κ1) is 16.8. The molecule has 0 fully saturated rings. The van der Waals surface area contributed by atoms with Crippen LogP contribution in [0.2, 0.25) is 5.02 Å². The van der Waals surface area contributed by atoms with Gasteiger partial charge in [0.15, 0.2) is 6.61 Å². The van der Waals surface area contributed by atoms with E-state index in [2.05, 4.69) is 5.32 Å². The highest BCUT2D eigenvalue weighted by molar-refractivity contribution is 6.33. The summed E-state index contributed by atoms with van der Waals surface area (Å²) in [6, 6.07) is 13.5. The summed E-state index contributed by atoms with van der Waals surface area (Å²) in [4.78, 5) is 23.9. The first-order valence-corrected chi connectivity index (χ1v) is 7.43. The van der Waals surface area contributed by atoms with Crippen LogP contribution in [0.5, 0.6) is 5.75 Å². The van der Waals surface area contributed by atoms with Gasteiger partial charge >= 0.3 is 5.97 Å². The van der Waals surface area contributed by atoms with Crippen LogP contribution in [0.25, 0.3) is 0 Å². The van der Waals surface area contributed by atoms with Crippen LogP contribution in [0.1, 0.15) is 17.3 Å². The topological polar surface area (TPSA) is 64.6 Å². The van der Waals surface area contributed by atoms with E-state index in [-0.39, 0.29) is 5.56 Å². The average Bonchev–Trinajstić information content (AvgIpc) is 2.55. The van der Waals surface area contributed by atoms with E-state index in [0.29, 0.717) is 23.1 Å². The van der Waals surface area contributed by atoms with E-state index in [9.17, 15) is 9.59 Å². The first-order valence-electron chi connectivity index (χ1n) is 7.05. The number of nitrogens with one attached hydrogen (secondary N) is 1. The Hall–Kier alpha value is -2.53. The average molecular weight is 334 g/mol. The maximum Gasteiger partial charge on any atom is 0.342 e. The molecule has 0 spiro atoms. The number of rotatable bonds is 6. The first-order chi connectivity index (χ1) is 11.1. The Morgan fingerprint density at radius 2 is 1.78 bits per heavy atom. The zero-order valence-electron chi connectivity index (χ0n) is 12.5. The number of anilines is 1. The highest BCUT2D eigenvalue weighted by atomic mass is 35.5. The molecule has 6 heteroatoms. The van der Waals surface area contributed by atoms with E-state index in [1.54, 1.807) is 48.5 Å². The van der Waals surface area contributed by atoms with Gasteiger partial charge in [0.25, 0.3) is 5.91 Å². The molecule has 5 nitrogen and oxygen atoms in total. The molecule has 0 aromatic heterocycles. The van der Waals surface area contributed by atoms with Crippen LogP contribution < -0.4 is 10.1 Å². The van der Waals surface area contributed by atoms with Gasteiger partial charge in [0.1, 0.15) is 11.3 Å². The van der Waals surface area contributed by atoms with Gasteiger partial charge in [0.2, 0.25) is 0 Å². The molecule has 0 aliphatic rings. The van der Waals surface area contributed by atoms with Gasteiger partial charge in [-0.2, -0.15) is 0 Å². The number of ether oxygens (including phenoxy) is 2. The van der Waals surface area contributed by atoms with E-state index in [1.165, 1.54) is 0 Å². The standard InChI is InChI=1S/C17H16ClNO4/c1-2-22-15-10-6-3-7-12(15)17(21)23-11-16(20)19-14-9-5-4-8-13(14)18/h3-10H,2,11H2,1H3,(H,19,20). The molecule has 1 amide bonds. The maximum absolute atomic E-state index is 12.1. The molecule has 2 aromatic rings. The Labute approximate surface area is 139 Å². The fourth-order valence-electron chi connectivity index (χ4n) is 1.87. The SMILES string of the molecule is CCOc1ccccc1C(=O)OCC(=O)Nc1ccccc1Cl. The molecule has 2 rings (SSSR count). The van der Waals surface area contributed by atoms with Crippen LogP contribution in [-0.2, 0) is 9.53 Å². The predicted octanol–water partition coefficient (Wildman–Crippen LogP) is 3.53. The third-order valence-corrected chi connectivity index (χ3v) is 3.22. The minimum Gasteiger partial charge on any atom is -0.493 e. The molecule has 0 unspecified atom stereocenters. The van der Waals surface area contributed by atoms with Crippen molar-refractivity contribution in [3.8, 4) is 5.75 Å². The normalized spacial score (nSPS) is 10.0. The molecule has 0 bridgehead atoms. The van der Waals surface area contributed by atoms with E-state index in [4.69, 9.17) is 21.1 Å². The molecule has 0 aliphatic heterocycles. The van der Waals surface area contributed by atoms with Crippen molar-refractivity contribution >= 4 is 29.2 Å². The number of hydrogen-bond acceptors (Lipinski definition) is 4. The molecule has 0 atom stereocenters. The Balaban J connectivity index is 1.94. The van der Waals surface area contributed by atoms with Gasteiger partial charge < -0.3 is 14.8 Å². The lowest BCUT2D eigenvalue weighted by atomic mass is 10.2. The molecule has 2 aromatic carbocycles. The van der Waals surface area contributed by atoms with Crippen LogP contribution in [0, 0.1) is 0 Å². The second-order valence-electron chi connectivity index (χ2n) is 4.53. The summed E-state index contributed by atoms with van der Waals surface area (Å²) in [5, 5.41) is 2.99. The molecular weight excluding hydrogens is 318 g/mol. The molecule has 0 saturated heterocycles. The maximum atomic E-state index is 12.1. The fourth-order valence-corrected chi connectivity index (χ4v) is 2.06. The Bertz CT molecular complexity index is 702. The second kappa shape index (κ2) is 8.19. The molecular formula is C17H16ClNO4. The molecule has 120 valence electrons. The monoisotopic (exact) mass is 333 g/mol. The highest BCUT2D eigenvalue weighted by Crippen LogP contribution is 2.21. The molecule has 23 heavy (non-hydrogen) atoms. The lowest BCUT2D eigenvalue weighted by Crippen LogP contribution is -2.21. The van der Waals surface area contributed by atoms with Crippen LogP contribution in [-0.4, -0.2) is 25.1 Å². The van der Waals surface area contributed by atoms with Crippen LogP contribution >= 0.6 is 11.6 Å². The van der Waals surface area contributed by atoms with Crippen molar-refractivity contribution in [3.05, 3.63) is 59.1 Å². The van der Waals surface area contributed by atoms with Gasteiger partial charge in [-0.3, -0.25) is 4.79 Å². The van der Waals surface area contributed by atoms with Crippen molar-refractivity contribution in [2.75, 3.05) is 18.5 Å². The van der Waals surface area contributed by atoms with Gasteiger partial charge in [-0.05, 0) is 31.2 Å². The lowest BCUT2D eigenvalue weighted by Gasteiger charge is -2.10. The summed E-state index contributed by atoms with van der Waals surface area (Å²) in [5.74, 6) is -0.671. The fraction of sp³-hybridized carbons (Fsp3) is 0.176. The number of carbonyl (C=O) groups excluding carboxylic acids is 2. The van der Waals surface area contributed by atoms with Crippen molar-refractivity contribution in [1.29, 1.82) is 0 Å². The summed E-state index contributed by atoms with van der Waals surface area (Å²) in [6.07, 6.45) is 0. The minimum atomic E-state index is -0.622. The van der Waals surface area contributed by atoms with Crippen molar-refractivity contribution in [3.63, 3.8) is 0 Å². The summed E-state index contributed by atoms with van der Waals surface area (Å²) in [7, 11) is 0. The van der Waals surface area contributed by atoms with Gasteiger partial charge in [-0.1, -0.05) is 35.9 Å². The molecule has 0 aliphatic carbocycles. The quantitative estimate of drug-likeness (QED) is 0.821. The van der Waals surface area contributed by atoms with Gasteiger partial charge in [-0.15, -0.1) is 0 Å². The summed E-state index contributed by atoms with van der Waals surface area (Å²) in [5.41, 5.74) is 0.741. The second-order valence-corrected chi connectivity index (χ2v) is 4.94. The van der Waals surface area contributed by atoms with Gasteiger partial charge in [0, 0.05) is 0 Å². The van der Waals surface area contributed by atoms with E-state index >= 15 is 0 Å². The molecule has 0 radical (unpaired) electrons. The zero-order chi connectivity index (χ0) is 16.7. The number of esters is 1. The van der Waals surface area contributed by atoms with Crippen molar-refractivity contribution in [1.82, 2.24) is 0 Å². The largest absolute Gasteiger partial charge is 0.493 e. The summed E-state index contributed by atoms with van der Waals surface area (Å²) in [6.45, 7) is 1.83. The van der Waals surface area contributed by atoms with Crippen molar-refractivity contribution in [2.45, 2.75) is 6.92 Å². The van der Waals surface area contributed by atoms with Crippen molar-refractivity contribution < 1.29 is 19.1 Å². The molecule has 1 N–H and O–H groups in total. The minimum absolute atomic E-state index is 0.278. The van der Waals surface area contributed by atoms with Crippen LogP contribution in [0.4, 0.5) is 5.69 Å². The molecule has 0 heterocycles. The smallest absolute Gasteiger partial charge is 0.342 e. The predicted molar refractivity (Wildman–Crippen MR) is 88.0 cm³/mol. The zero-order valence-corrected chi connectivity index (χ0v) is 13.3. The summed E-state index contributed by atoms with van der Waals surface area (Å²) < 4.78 is 10.4. The lowest BCUT2D eigenvalue weighted by molar-refractivity contribution is -0.119. The van der Waals surface area contributed by atoms with E-state index in [1.807, 2.05) is 6.92 Å². The Kier molecular flexibility index (Phi) is 6.00. The van der Waals surface area contributed by atoms with E-state index < -0.39 is 18.5 Å². The van der Waals surface area contributed by atoms with Gasteiger partial charge in [0.05, 0.1) is 17.3 Å². The van der Waals surface area contributed by atoms with E-state index in [0.717, 1.165) is 0 Å². The molecule has 0 saturated carbocycles. The van der Waals surface area contributed by atoms with Crippen molar-refractivity contribution in [2.24, 2.45) is 0 Å². The highest BCUT2D eigenvalue weighted by Gasteiger charge is 2.15. The number of para-hydroxylation sites is 2. The Morgan fingerprint density at radius 1 is 1.09 bits per heavy atom. The van der Waals surface area contributed by atoms with Gasteiger partial charge in [-0.25, -0.2) is 4.79 Å². The Morgan fingerprint density at radius 3 is 2.52 bits per heavy atom. The van der Waals surface area contributed by atoms with Crippen LogP contribution in [0.3, 0.4) is 0 Å². The number of halogens is 1. The third kappa shape index (κ3) is 4.72. The number of carbonyl (C=O) groups is 2. The van der Waals surface area contributed by atoms with Crippen LogP contribution in [0.15, 0.2) is 48.5 Å². The number of benzene rings is 2. The third-order valence-electron chi connectivity index (χ3n) is 2.89. The number of hydrogen-bond donors (Lipinski definition) is 1.